The summed E-state index contributed by atoms with van der Waals surface area (Å²) in [6.45, 7) is 0.660. The van der Waals surface area contributed by atoms with Gasteiger partial charge in [-0.05, 0) is 36.4 Å². The van der Waals surface area contributed by atoms with Crippen LogP contribution in [-0.2, 0) is 4.74 Å². The van der Waals surface area contributed by atoms with Crippen molar-refractivity contribution < 1.29 is 24.3 Å². The highest BCUT2D eigenvalue weighted by Gasteiger charge is 2.32. The molecule has 1 atom stereocenters. The zero-order valence-corrected chi connectivity index (χ0v) is 12.3. The van der Waals surface area contributed by atoms with Crippen LogP contribution >= 0.6 is 0 Å². The van der Waals surface area contributed by atoms with Crippen LogP contribution in [0, 0.1) is 0 Å². The molecule has 2 aliphatic rings. The quantitative estimate of drug-likeness (QED) is 0.681. The molecule has 4 rings (SSSR count). The summed E-state index contributed by atoms with van der Waals surface area (Å²) in [5.74, 6) is -0.959. The van der Waals surface area contributed by atoms with Crippen molar-refractivity contribution in [2.45, 2.75) is 25.6 Å². The number of nitrogens with zero attached hydrogens (tertiary/aromatic N) is 1. The van der Waals surface area contributed by atoms with E-state index in [0.29, 0.717) is 23.3 Å². The van der Waals surface area contributed by atoms with Gasteiger partial charge in [-0.15, -0.1) is 5.06 Å². The number of carbonyl (C=O) groups is 2. The van der Waals surface area contributed by atoms with Gasteiger partial charge in [-0.2, -0.15) is 0 Å². The van der Waals surface area contributed by atoms with Crippen molar-refractivity contribution in [2.24, 2.45) is 0 Å². The number of carbonyl (C=O) groups excluding carboxylic acids is 2. The van der Waals surface area contributed by atoms with E-state index in [1.807, 2.05) is 6.07 Å². The van der Waals surface area contributed by atoms with Gasteiger partial charge >= 0.3 is 0 Å². The van der Waals surface area contributed by atoms with Crippen molar-refractivity contribution in [2.75, 3.05) is 6.61 Å². The third-order valence-electron chi connectivity index (χ3n) is 4.20. The van der Waals surface area contributed by atoms with Crippen molar-refractivity contribution in [3.8, 4) is 5.75 Å². The monoisotopic (exact) mass is 313 g/mol. The Morgan fingerprint density at radius 2 is 1.96 bits per heavy atom. The van der Waals surface area contributed by atoms with Crippen LogP contribution in [-0.4, -0.2) is 35.0 Å². The van der Waals surface area contributed by atoms with Gasteiger partial charge in [-0.25, -0.2) is 0 Å². The summed E-state index contributed by atoms with van der Waals surface area (Å²) in [6.07, 6.45) is 2.52. The fourth-order valence-electron chi connectivity index (χ4n) is 3.09. The van der Waals surface area contributed by atoms with E-state index in [9.17, 15) is 14.8 Å². The van der Waals surface area contributed by atoms with Crippen LogP contribution in [0.5, 0.6) is 5.75 Å². The summed E-state index contributed by atoms with van der Waals surface area (Å²) in [5, 5.41) is 11.1. The van der Waals surface area contributed by atoms with E-state index < -0.39 is 11.8 Å². The Morgan fingerprint density at radius 1 is 1.13 bits per heavy atom. The largest absolute Gasteiger partial charge is 0.465 e. The van der Waals surface area contributed by atoms with Gasteiger partial charge in [0.05, 0.1) is 17.7 Å². The molecule has 0 spiro atoms. The van der Waals surface area contributed by atoms with E-state index in [4.69, 9.17) is 9.47 Å². The Kier molecular flexibility index (Phi) is 3.28. The standard InChI is InChI=1S/C17H15NO5/c19-16-12-5-3-4-10-8-11(23-14-6-1-2-7-22-14)9-13(15(10)12)17(20)18(16)21/h3-5,8-9,14,21H,1-2,6-7H2. The summed E-state index contributed by atoms with van der Waals surface area (Å²) in [7, 11) is 0. The molecule has 0 aliphatic carbocycles. The molecule has 2 heterocycles. The molecule has 0 bridgehead atoms. The second-order valence-corrected chi connectivity index (χ2v) is 5.71. The SMILES string of the molecule is O=C1c2cccc3cc(OC4CCCCO4)cc(c23)C(=O)N1O. The Hall–Kier alpha value is -2.44. The first-order chi connectivity index (χ1) is 11.1. The van der Waals surface area contributed by atoms with Crippen LogP contribution in [0.1, 0.15) is 40.0 Å². The minimum atomic E-state index is -0.742. The van der Waals surface area contributed by atoms with Gasteiger partial charge < -0.3 is 9.47 Å². The van der Waals surface area contributed by atoms with Crippen molar-refractivity contribution in [1.82, 2.24) is 5.06 Å². The number of hydrogen-bond acceptors (Lipinski definition) is 5. The lowest BCUT2D eigenvalue weighted by molar-refractivity contribution is -0.105. The zero-order chi connectivity index (χ0) is 16.0. The first-order valence-corrected chi connectivity index (χ1v) is 7.58. The van der Waals surface area contributed by atoms with E-state index in [1.165, 1.54) is 0 Å². The number of hydrogen-bond donors (Lipinski definition) is 1. The van der Waals surface area contributed by atoms with Crippen LogP contribution in [0.3, 0.4) is 0 Å². The van der Waals surface area contributed by atoms with Crippen molar-refractivity contribution in [1.29, 1.82) is 0 Å². The van der Waals surface area contributed by atoms with Crippen LogP contribution in [0.4, 0.5) is 0 Å². The molecule has 2 aromatic carbocycles. The van der Waals surface area contributed by atoms with Gasteiger partial charge in [0, 0.05) is 11.8 Å². The molecule has 23 heavy (non-hydrogen) atoms. The van der Waals surface area contributed by atoms with Crippen molar-refractivity contribution in [3.63, 3.8) is 0 Å². The van der Waals surface area contributed by atoms with Gasteiger partial charge in [0.25, 0.3) is 11.8 Å². The molecule has 6 nitrogen and oxygen atoms in total. The molecular weight excluding hydrogens is 298 g/mol. The highest BCUT2D eigenvalue weighted by molar-refractivity contribution is 6.24. The molecule has 0 aromatic heterocycles. The molecule has 1 fully saturated rings. The van der Waals surface area contributed by atoms with Gasteiger partial charge in [0.2, 0.25) is 0 Å². The second kappa shape index (κ2) is 5.33. The van der Waals surface area contributed by atoms with Crippen molar-refractivity contribution >= 4 is 22.6 Å². The fourth-order valence-corrected chi connectivity index (χ4v) is 3.09. The highest BCUT2D eigenvalue weighted by atomic mass is 16.7. The molecule has 1 unspecified atom stereocenters. The summed E-state index contributed by atoms with van der Waals surface area (Å²) in [5.41, 5.74) is 0.561. The summed E-state index contributed by atoms with van der Waals surface area (Å²) >= 11 is 0. The van der Waals surface area contributed by atoms with Gasteiger partial charge in [0.1, 0.15) is 5.75 Å². The lowest BCUT2D eigenvalue weighted by Crippen LogP contribution is -2.37. The minimum absolute atomic E-state index is 0.151. The average molecular weight is 313 g/mol. The van der Waals surface area contributed by atoms with E-state index >= 15 is 0 Å². The average Bonchev–Trinajstić information content (AvgIpc) is 2.58. The molecule has 0 saturated carbocycles. The smallest absolute Gasteiger partial charge is 0.285 e. The molecule has 0 radical (unpaired) electrons. The van der Waals surface area contributed by atoms with Crippen molar-refractivity contribution in [3.05, 3.63) is 41.5 Å². The zero-order valence-electron chi connectivity index (χ0n) is 12.3. The Morgan fingerprint density at radius 3 is 2.74 bits per heavy atom. The Balaban J connectivity index is 1.81. The molecule has 1 N–H and O–H groups in total. The predicted octanol–water partition coefficient (Wildman–Crippen LogP) is 2.73. The van der Waals surface area contributed by atoms with Gasteiger partial charge in [-0.3, -0.25) is 14.8 Å². The number of ether oxygens (including phenoxy) is 2. The first-order valence-electron chi connectivity index (χ1n) is 7.58. The van der Waals surface area contributed by atoms with Crippen LogP contribution in [0.2, 0.25) is 0 Å². The Labute approximate surface area is 132 Å². The molecule has 2 aliphatic heterocycles. The number of benzene rings is 2. The Bertz CT molecular complexity index is 810. The molecular formula is C17H15NO5. The third kappa shape index (κ3) is 2.27. The normalized spacial score (nSPS) is 20.9. The number of imide groups is 1. The molecule has 118 valence electrons. The van der Waals surface area contributed by atoms with E-state index in [0.717, 1.165) is 24.6 Å². The lowest BCUT2D eigenvalue weighted by Gasteiger charge is -2.25. The molecule has 2 aromatic rings. The van der Waals surface area contributed by atoms with Gasteiger partial charge in [-0.1, -0.05) is 12.1 Å². The number of amides is 2. The van der Waals surface area contributed by atoms with E-state index in [-0.39, 0.29) is 16.9 Å². The van der Waals surface area contributed by atoms with Crippen LogP contribution in [0.15, 0.2) is 30.3 Å². The van der Waals surface area contributed by atoms with Crippen LogP contribution in [0.25, 0.3) is 10.8 Å². The fraction of sp³-hybridized carbons (Fsp3) is 0.294. The first kappa shape index (κ1) is 14.2. The lowest BCUT2D eigenvalue weighted by atomic mass is 9.94. The summed E-state index contributed by atoms with van der Waals surface area (Å²) < 4.78 is 11.4. The maximum Gasteiger partial charge on any atom is 0.285 e. The maximum absolute atomic E-state index is 12.2. The molecule has 2 amide bonds. The summed E-state index contributed by atoms with van der Waals surface area (Å²) in [6, 6.07) is 8.46. The minimum Gasteiger partial charge on any atom is -0.465 e. The predicted molar refractivity (Wildman–Crippen MR) is 80.5 cm³/mol. The third-order valence-corrected chi connectivity index (χ3v) is 4.20. The van der Waals surface area contributed by atoms with E-state index in [2.05, 4.69) is 0 Å². The maximum atomic E-state index is 12.2. The molecule has 6 heteroatoms. The summed E-state index contributed by atoms with van der Waals surface area (Å²) in [4.78, 5) is 24.2. The van der Waals surface area contributed by atoms with Crippen LogP contribution < -0.4 is 4.74 Å². The highest BCUT2D eigenvalue weighted by Crippen LogP contribution is 2.33. The van der Waals surface area contributed by atoms with Gasteiger partial charge in [0.15, 0.2) is 6.29 Å². The van der Waals surface area contributed by atoms with E-state index in [1.54, 1.807) is 24.3 Å². The molecule has 1 saturated heterocycles. The second-order valence-electron chi connectivity index (χ2n) is 5.71. The number of hydroxylamine groups is 2. The number of rotatable bonds is 2. The topological polar surface area (TPSA) is 76.1 Å².